The second kappa shape index (κ2) is 4.89. The summed E-state index contributed by atoms with van der Waals surface area (Å²) in [5.41, 5.74) is 0.552. The highest BCUT2D eigenvalue weighted by molar-refractivity contribution is 7.98. The SMILES string of the molecule is CSCC(C)NC1CC(C)(C)CC1C. The Bertz CT molecular complexity index is 179. The van der Waals surface area contributed by atoms with E-state index in [9.17, 15) is 0 Å². The number of rotatable bonds is 4. The van der Waals surface area contributed by atoms with Gasteiger partial charge in [0.15, 0.2) is 0 Å². The average molecular weight is 215 g/mol. The van der Waals surface area contributed by atoms with E-state index in [1.165, 1.54) is 18.6 Å². The highest BCUT2D eigenvalue weighted by atomic mass is 32.2. The molecule has 1 fully saturated rings. The van der Waals surface area contributed by atoms with Crippen LogP contribution < -0.4 is 5.32 Å². The maximum Gasteiger partial charge on any atom is 0.0132 e. The molecule has 0 aliphatic heterocycles. The van der Waals surface area contributed by atoms with E-state index in [0.717, 1.165) is 12.0 Å². The maximum absolute atomic E-state index is 3.76. The molecule has 1 N–H and O–H groups in total. The molecule has 0 amide bonds. The zero-order chi connectivity index (χ0) is 10.8. The molecule has 0 heterocycles. The Balaban J connectivity index is 2.38. The average Bonchev–Trinajstić information content (AvgIpc) is 2.25. The molecule has 1 saturated carbocycles. The molecule has 1 nitrogen and oxygen atoms in total. The van der Waals surface area contributed by atoms with Gasteiger partial charge in [0.05, 0.1) is 0 Å². The van der Waals surface area contributed by atoms with Crippen molar-refractivity contribution in [1.82, 2.24) is 5.32 Å². The summed E-state index contributed by atoms with van der Waals surface area (Å²) in [5.74, 6) is 2.07. The van der Waals surface area contributed by atoms with Crippen LogP contribution >= 0.6 is 11.8 Å². The Hall–Kier alpha value is 0.310. The fraction of sp³-hybridized carbons (Fsp3) is 1.00. The molecular formula is C12H25NS. The number of thioether (sulfide) groups is 1. The van der Waals surface area contributed by atoms with Crippen LogP contribution in [0, 0.1) is 11.3 Å². The lowest BCUT2D eigenvalue weighted by Gasteiger charge is -2.23. The van der Waals surface area contributed by atoms with Crippen LogP contribution in [-0.4, -0.2) is 24.1 Å². The van der Waals surface area contributed by atoms with Crippen LogP contribution in [0.3, 0.4) is 0 Å². The van der Waals surface area contributed by atoms with E-state index in [0.29, 0.717) is 11.5 Å². The highest BCUT2D eigenvalue weighted by Crippen LogP contribution is 2.40. The molecule has 0 bridgehead atoms. The normalized spacial score (nSPS) is 33.2. The molecule has 2 heteroatoms. The second-order valence-corrected chi connectivity index (χ2v) is 6.59. The lowest BCUT2D eigenvalue weighted by Crippen LogP contribution is -2.39. The van der Waals surface area contributed by atoms with Crippen molar-refractivity contribution < 1.29 is 0 Å². The predicted molar refractivity (Wildman–Crippen MR) is 66.9 cm³/mol. The minimum absolute atomic E-state index is 0.552. The van der Waals surface area contributed by atoms with Crippen molar-refractivity contribution in [2.75, 3.05) is 12.0 Å². The van der Waals surface area contributed by atoms with E-state index in [4.69, 9.17) is 0 Å². The number of hydrogen-bond acceptors (Lipinski definition) is 2. The maximum atomic E-state index is 3.76. The van der Waals surface area contributed by atoms with Crippen LogP contribution in [-0.2, 0) is 0 Å². The molecule has 0 spiro atoms. The molecule has 1 rings (SSSR count). The Morgan fingerprint density at radius 3 is 2.50 bits per heavy atom. The quantitative estimate of drug-likeness (QED) is 0.773. The van der Waals surface area contributed by atoms with Crippen LogP contribution in [0.5, 0.6) is 0 Å². The van der Waals surface area contributed by atoms with Crippen molar-refractivity contribution in [1.29, 1.82) is 0 Å². The molecular weight excluding hydrogens is 190 g/mol. The topological polar surface area (TPSA) is 12.0 Å². The lowest BCUT2D eigenvalue weighted by atomic mass is 9.91. The van der Waals surface area contributed by atoms with Gasteiger partial charge in [0, 0.05) is 17.8 Å². The molecule has 0 aromatic heterocycles. The summed E-state index contributed by atoms with van der Waals surface area (Å²) >= 11 is 1.93. The molecule has 0 saturated heterocycles. The summed E-state index contributed by atoms with van der Waals surface area (Å²) < 4.78 is 0. The fourth-order valence-corrected chi connectivity index (χ4v) is 3.38. The number of nitrogens with one attached hydrogen (secondary N) is 1. The molecule has 84 valence electrons. The first-order valence-electron chi connectivity index (χ1n) is 5.69. The van der Waals surface area contributed by atoms with Gasteiger partial charge in [0.2, 0.25) is 0 Å². The van der Waals surface area contributed by atoms with Gasteiger partial charge >= 0.3 is 0 Å². The van der Waals surface area contributed by atoms with Gasteiger partial charge in [0.25, 0.3) is 0 Å². The monoisotopic (exact) mass is 215 g/mol. The third kappa shape index (κ3) is 3.47. The van der Waals surface area contributed by atoms with Crippen LogP contribution in [0.1, 0.15) is 40.5 Å². The van der Waals surface area contributed by atoms with Crippen molar-refractivity contribution in [3.63, 3.8) is 0 Å². The first-order valence-corrected chi connectivity index (χ1v) is 7.09. The van der Waals surface area contributed by atoms with E-state index in [2.05, 4.69) is 39.3 Å². The Morgan fingerprint density at radius 1 is 1.43 bits per heavy atom. The summed E-state index contributed by atoms with van der Waals surface area (Å²) in [5, 5.41) is 3.76. The predicted octanol–water partition coefficient (Wildman–Crippen LogP) is 3.15. The lowest BCUT2D eigenvalue weighted by molar-refractivity contribution is 0.358. The minimum atomic E-state index is 0.552. The molecule has 3 unspecified atom stereocenters. The first-order chi connectivity index (χ1) is 6.44. The van der Waals surface area contributed by atoms with Gasteiger partial charge in [0.1, 0.15) is 0 Å². The molecule has 14 heavy (non-hydrogen) atoms. The van der Waals surface area contributed by atoms with Crippen molar-refractivity contribution >= 4 is 11.8 Å². The highest BCUT2D eigenvalue weighted by Gasteiger charge is 2.36. The standard InChI is InChI=1S/C12H25NS/c1-9-6-12(3,4)7-11(9)13-10(2)8-14-5/h9-11,13H,6-8H2,1-5H3. The molecule has 0 radical (unpaired) electrons. The smallest absolute Gasteiger partial charge is 0.0132 e. The Labute approximate surface area is 93.4 Å². The van der Waals surface area contributed by atoms with Gasteiger partial charge in [-0.15, -0.1) is 0 Å². The van der Waals surface area contributed by atoms with Gasteiger partial charge < -0.3 is 5.32 Å². The molecule has 0 aromatic carbocycles. The van der Waals surface area contributed by atoms with Crippen LogP contribution in [0.15, 0.2) is 0 Å². The van der Waals surface area contributed by atoms with E-state index >= 15 is 0 Å². The Kier molecular flexibility index (Phi) is 4.32. The summed E-state index contributed by atoms with van der Waals surface area (Å²) in [7, 11) is 0. The molecule has 3 atom stereocenters. The van der Waals surface area contributed by atoms with Crippen LogP contribution in [0.25, 0.3) is 0 Å². The first kappa shape index (κ1) is 12.4. The molecule has 1 aliphatic rings. The summed E-state index contributed by atoms with van der Waals surface area (Å²) in [6.45, 7) is 9.47. The number of hydrogen-bond donors (Lipinski definition) is 1. The summed E-state index contributed by atoms with van der Waals surface area (Å²) in [4.78, 5) is 0. The van der Waals surface area contributed by atoms with E-state index in [1.807, 2.05) is 11.8 Å². The van der Waals surface area contributed by atoms with E-state index in [-0.39, 0.29) is 0 Å². The zero-order valence-electron chi connectivity index (χ0n) is 10.3. The van der Waals surface area contributed by atoms with Gasteiger partial charge in [-0.05, 0) is 37.4 Å². The largest absolute Gasteiger partial charge is 0.310 e. The van der Waals surface area contributed by atoms with Gasteiger partial charge in [-0.25, -0.2) is 0 Å². The fourth-order valence-electron chi connectivity index (χ4n) is 2.78. The van der Waals surface area contributed by atoms with Crippen LogP contribution in [0.2, 0.25) is 0 Å². The summed E-state index contributed by atoms with van der Waals surface area (Å²) in [6, 6.07) is 1.40. The van der Waals surface area contributed by atoms with Gasteiger partial charge in [-0.2, -0.15) is 11.8 Å². The minimum Gasteiger partial charge on any atom is -0.310 e. The van der Waals surface area contributed by atoms with Gasteiger partial charge in [-0.1, -0.05) is 20.8 Å². The van der Waals surface area contributed by atoms with Gasteiger partial charge in [-0.3, -0.25) is 0 Å². The van der Waals surface area contributed by atoms with Crippen molar-refractivity contribution in [2.45, 2.75) is 52.6 Å². The zero-order valence-corrected chi connectivity index (χ0v) is 11.1. The van der Waals surface area contributed by atoms with E-state index in [1.54, 1.807) is 0 Å². The van der Waals surface area contributed by atoms with Crippen molar-refractivity contribution in [3.8, 4) is 0 Å². The van der Waals surface area contributed by atoms with Crippen LogP contribution in [0.4, 0.5) is 0 Å². The molecule has 0 aromatic rings. The Morgan fingerprint density at radius 2 is 2.07 bits per heavy atom. The van der Waals surface area contributed by atoms with E-state index < -0.39 is 0 Å². The molecule has 1 aliphatic carbocycles. The second-order valence-electron chi connectivity index (χ2n) is 5.68. The van der Waals surface area contributed by atoms with Crippen molar-refractivity contribution in [2.24, 2.45) is 11.3 Å². The summed E-state index contributed by atoms with van der Waals surface area (Å²) in [6.07, 6.45) is 4.89. The third-order valence-electron chi connectivity index (χ3n) is 3.25. The third-order valence-corrected chi connectivity index (χ3v) is 4.08. The van der Waals surface area contributed by atoms with Crippen molar-refractivity contribution in [3.05, 3.63) is 0 Å².